The number of para-hydroxylation sites is 2. The molecule has 0 radical (unpaired) electrons. The van der Waals surface area contributed by atoms with Crippen LogP contribution in [0.1, 0.15) is 17.2 Å². The minimum atomic E-state index is -3.84. The number of aromatic nitrogens is 1. The fraction of sp³-hybridized carbons (Fsp3) is 0.0833. The number of sulfonamides is 1. The Kier molecular flexibility index (Phi) is 4.99. The molecule has 1 atom stereocenters. The van der Waals surface area contributed by atoms with Crippen molar-refractivity contribution in [1.82, 2.24) is 15.0 Å². The van der Waals surface area contributed by atoms with Gasteiger partial charge in [0.1, 0.15) is 4.90 Å². The number of nitrogens with one attached hydrogen (secondary N) is 3. The number of hydrogen-bond donors (Lipinski definition) is 3. The van der Waals surface area contributed by atoms with Crippen molar-refractivity contribution in [3.8, 4) is 0 Å². The fourth-order valence-corrected chi connectivity index (χ4v) is 5.00. The van der Waals surface area contributed by atoms with Crippen LogP contribution in [0, 0.1) is 0 Å². The quantitative estimate of drug-likeness (QED) is 0.439. The van der Waals surface area contributed by atoms with Gasteiger partial charge in [0.2, 0.25) is 5.84 Å². The third kappa shape index (κ3) is 3.76. The summed E-state index contributed by atoms with van der Waals surface area (Å²) >= 11 is 0. The van der Waals surface area contributed by atoms with Gasteiger partial charge in [0.15, 0.2) is 0 Å². The average molecular weight is 445 g/mol. The normalized spacial score (nSPS) is 15.3. The highest BCUT2D eigenvalue weighted by Gasteiger charge is 2.29. The number of aliphatic imine (C=N–C) groups is 1. The van der Waals surface area contributed by atoms with Crippen LogP contribution in [-0.2, 0) is 14.8 Å². The minimum Gasteiger partial charge on any atom is -0.358 e. The maximum Gasteiger partial charge on any atom is 0.287 e. The fourth-order valence-electron chi connectivity index (χ4n) is 3.85. The van der Waals surface area contributed by atoms with Crippen LogP contribution in [-0.4, -0.2) is 31.7 Å². The zero-order chi connectivity index (χ0) is 22.1. The first-order chi connectivity index (χ1) is 15.5. The molecule has 0 fully saturated rings. The molecule has 0 saturated heterocycles. The molecule has 1 amide bonds. The number of amides is 1. The Morgan fingerprint density at radius 1 is 0.938 bits per heavy atom. The third-order valence-electron chi connectivity index (χ3n) is 5.43. The van der Waals surface area contributed by atoms with E-state index in [1.54, 1.807) is 18.2 Å². The molecule has 0 bridgehead atoms. The average Bonchev–Trinajstić information content (AvgIpc) is 3.23. The van der Waals surface area contributed by atoms with Crippen molar-refractivity contribution >= 4 is 38.4 Å². The zero-order valence-corrected chi connectivity index (χ0v) is 17.8. The summed E-state index contributed by atoms with van der Waals surface area (Å²) in [5.74, 6) is -0.979. The van der Waals surface area contributed by atoms with Crippen LogP contribution >= 0.6 is 0 Å². The predicted octanol–water partition coefficient (Wildman–Crippen LogP) is 3.44. The first-order valence-corrected chi connectivity index (χ1v) is 11.6. The molecule has 3 N–H and O–H groups in total. The van der Waals surface area contributed by atoms with E-state index < -0.39 is 15.9 Å². The van der Waals surface area contributed by atoms with Gasteiger partial charge in [0.25, 0.3) is 15.9 Å². The summed E-state index contributed by atoms with van der Waals surface area (Å²) in [7, 11) is -3.84. The number of fused-ring (bicyclic) bond motifs is 2. The van der Waals surface area contributed by atoms with Crippen molar-refractivity contribution in [1.29, 1.82) is 0 Å². The SMILES string of the molecule is O=C(NCC(c1ccccc1)c1cc2ccccc2[nH]1)C1=Nc2ccccc2S(=O)(=O)N1. The summed E-state index contributed by atoms with van der Waals surface area (Å²) in [6.45, 7) is 0.262. The van der Waals surface area contributed by atoms with Crippen LogP contribution in [0.5, 0.6) is 0 Å². The number of rotatable bonds is 5. The number of carbonyl (C=O) groups is 1. The Balaban J connectivity index is 1.43. The molecule has 1 aromatic heterocycles. The lowest BCUT2D eigenvalue weighted by atomic mass is 9.95. The van der Waals surface area contributed by atoms with Gasteiger partial charge in [-0.3, -0.25) is 9.52 Å². The van der Waals surface area contributed by atoms with Gasteiger partial charge in [0, 0.05) is 23.7 Å². The van der Waals surface area contributed by atoms with E-state index in [2.05, 4.69) is 26.1 Å². The van der Waals surface area contributed by atoms with E-state index in [9.17, 15) is 13.2 Å². The Labute approximate surface area is 185 Å². The second-order valence-corrected chi connectivity index (χ2v) is 9.17. The Bertz CT molecular complexity index is 1410. The van der Waals surface area contributed by atoms with Gasteiger partial charge in [-0.15, -0.1) is 0 Å². The number of nitrogens with zero attached hydrogens (tertiary/aromatic N) is 1. The third-order valence-corrected chi connectivity index (χ3v) is 6.81. The van der Waals surface area contributed by atoms with Crippen molar-refractivity contribution in [3.63, 3.8) is 0 Å². The first-order valence-electron chi connectivity index (χ1n) is 10.1. The van der Waals surface area contributed by atoms with Gasteiger partial charge in [-0.05, 0) is 35.2 Å². The molecule has 1 aliphatic heterocycles. The number of hydrogen-bond acceptors (Lipinski definition) is 4. The highest BCUT2D eigenvalue weighted by molar-refractivity contribution is 7.90. The summed E-state index contributed by atoms with van der Waals surface area (Å²) in [6, 6.07) is 26.2. The molecule has 2 heterocycles. The van der Waals surface area contributed by atoms with Crippen molar-refractivity contribution in [2.45, 2.75) is 10.8 Å². The molecule has 0 saturated carbocycles. The minimum absolute atomic E-state index is 0.0526. The standard InChI is InChI=1S/C24H20N4O3S/c29-24(23-27-20-12-6-7-13-22(20)32(30,31)28-23)25-15-18(16-8-2-1-3-9-16)21-14-17-10-4-5-11-19(17)26-21/h1-14,18,26H,15H2,(H,25,29)(H,27,28). The van der Waals surface area contributed by atoms with Gasteiger partial charge in [-0.1, -0.05) is 60.7 Å². The smallest absolute Gasteiger partial charge is 0.287 e. The molecule has 3 aromatic carbocycles. The number of benzene rings is 3. The van der Waals surface area contributed by atoms with Crippen LogP contribution in [0.2, 0.25) is 0 Å². The number of amidine groups is 1. The number of aromatic amines is 1. The predicted molar refractivity (Wildman–Crippen MR) is 123 cm³/mol. The van der Waals surface area contributed by atoms with Crippen LogP contribution in [0.3, 0.4) is 0 Å². The molecule has 32 heavy (non-hydrogen) atoms. The van der Waals surface area contributed by atoms with E-state index in [1.807, 2.05) is 54.6 Å². The molecule has 0 aliphatic carbocycles. The largest absolute Gasteiger partial charge is 0.358 e. The summed E-state index contributed by atoms with van der Waals surface area (Å²) < 4.78 is 27.3. The molecule has 4 aromatic rings. The molecular formula is C24H20N4O3S. The van der Waals surface area contributed by atoms with Crippen LogP contribution in [0.4, 0.5) is 5.69 Å². The van der Waals surface area contributed by atoms with Gasteiger partial charge in [0.05, 0.1) is 5.69 Å². The van der Waals surface area contributed by atoms with E-state index in [0.29, 0.717) is 0 Å². The van der Waals surface area contributed by atoms with Crippen molar-refractivity contribution < 1.29 is 13.2 Å². The van der Waals surface area contributed by atoms with Crippen LogP contribution in [0.15, 0.2) is 94.8 Å². The lowest BCUT2D eigenvalue weighted by molar-refractivity contribution is -0.115. The lowest BCUT2D eigenvalue weighted by Crippen LogP contribution is -2.45. The molecule has 0 spiro atoms. The van der Waals surface area contributed by atoms with Crippen molar-refractivity contribution in [2.75, 3.05) is 6.54 Å². The van der Waals surface area contributed by atoms with Gasteiger partial charge >= 0.3 is 0 Å². The molecule has 8 heteroatoms. The first kappa shape index (κ1) is 20.0. The van der Waals surface area contributed by atoms with Gasteiger partial charge in [-0.2, -0.15) is 0 Å². The Morgan fingerprint density at radius 2 is 1.66 bits per heavy atom. The second-order valence-electron chi connectivity index (χ2n) is 7.52. The highest BCUT2D eigenvalue weighted by atomic mass is 32.2. The van der Waals surface area contributed by atoms with Crippen LogP contribution < -0.4 is 10.0 Å². The lowest BCUT2D eigenvalue weighted by Gasteiger charge is -2.20. The topological polar surface area (TPSA) is 103 Å². The maximum absolute atomic E-state index is 12.9. The second kappa shape index (κ2) is 7.97. The number of H-pyrrole nitrogens is 1. The molecule has 1 unspecified atom stereocenters. The van der Waals surface area contributed by atoms with Crippen molar-refractivity contribution in [3.05, 3.63) is 96.2 Å². The van der Waals surface area contributed by atoms with Gasteiger partial charge < -0.3 is 10.3 Å². The summed E-state index contributed by atoms with van der Waals surface area (Å²) in [5, 5.41) is 3.93. The van der Waals surface area contributed by atoms with E-state index in [-0.39, 0.29) is 28.9 Å². The molecule has 7 nitrogen and oxygen atoms in total. The molecule has 1 aliphatic rings. The van der Waals surface area contributed by atoms with E-state index in [0.717, 1.165) is 22.2 Å². The molecular weight excluding hydrogens is 424 g/mol. The van der Waals surface area contributed by atoms with E-state index in [1.165, 1.54) is 6.07 Å². The molecule has 5 rings (SSSR count). The Morgan fingerprint density at radius 3 is 2.47 bits per heavy atom. The van der Waals surface area contributed by atoms with E-state index in [4.69, 9.17) is 0 Å². The van der Waals surface area contributed by atoms with Gasteiger partial charge in [-0.25, -0.2) is 13.4 Å². The number of carbonyl (C=O) groups excluding carboxylic acids is 1. The summed E-state index contributed by atoms with van der Waals surface area (Å²) in [6.07, 6.45) is 0. The van der Waals surface area contributed by atoms with Crippen LogP contribution in [0.25, 0.3) is 10.9 Å². The maximum atomic E-state index is 12.9. The zero-order valence-electron chi connectivity index (χ0n) is 16.9. The van der Waals surface area contributed by atoms with E-state index >= 15 is 0 Å². The highest BCUT2D eigenvalue weighted by Crippen LogP contribution is 2.28. The van der Waals surface area contributed by atoms with Crippen molar-refractivity contribution in [2.24, 2.45) is 4.99 Å². The summed E-state index contributed by atoms with van der Waals surface area (Å²) in [5.41, 5.74) is 3.23. The summed E-state index contributed by atoms with van der Waals surface area (Å²) in [4.78, 5) is 20.5. The molecule has 160 valence electrons. The Hall–Kier alpha value is -3.91. The monoisotopic (exact) mass is 444 g/mol.